The summed E-state index contributed by atoms with van der Waals surface area (Å²) in [5, 5.41) is 0. The van der Waals surface area contributed by atoms with Crippen molar-refractivity contribution in [1.82, 2.24) is 0 Å². The molecule has 0 heterocycles. The van der Waals surface area contributed by atoms with E-state index in [9.17, 15) is 0 Å². The van der Waals surface area contributed by atoms with Crippen LogP contribution >= 0.6 is 0 Å². The monoisotopic (exact) mass is 307 g/mol. The molecule has 1 unspecified atom stereocenters. The number of rotatable bonds is 2. The van der Waals surface area contributed by atoms with Crippen molar-refractivity contribution < 1.29 is 0 Å². The standard InChI is InChI=1S/C18H19N.C4H10/c19-17-11-9-16(10-12-17)18(13-5-2-6-14-18)15-7-3-1-4-8-15;1-4(2)3/h1-5,7-12H,6,13-14,19H2;4H,1-3H3. The summed E-state index contributed by atoms with van der Waals surface area (Å²) in [4.78, 5) is 0. The summed E-state index contributed by atoms with van der Waals surface area (Å²) in [5.74, 6) is 0.833. The highest BCUT2D eigenvalue weighted by molar-refractivity contribution is 5.46. The second kappa shape index (κ2) is 8.01. The van der Waals surface area contributed by atoms with Gasteiger partial charge in [-0.1, -0.05) is 75.4 Å². The molecule has 122 valence electrons. The third-order valence-electron chi connectivity index (χ3n) is 4.16. The van der Waals surface area contributed by atoms with Gasteiger partial charge in [-0.05, 0) is 48.4 Å². The molecule has 1 atom stereocenters. The largest absolute Gasteiger partial charge is 0.399 e. The summed E-state index contributed by atoms with van der Waals surface area (Å²) < 4.78 is 0. The highest BCUT2D eigenvalue weighted by Gasteiger charge is 2.33. The van der Waals surface area contributed by atoms with Crippen LogP contribution in [0.2, 0.25) is 0 Å². The quantitative estimate of drug-likeness (QED) is 0.538. The van der Waals surface area contributed by atoms with E-state index in [1.807, 2.05) is 12.1 Å². The molecule has 0 radical (unpaired) electrons. The molecule has 0 aromatic heterocycles. The third-order valence-corrected chi connectivity index (χ3v) is 4.16. The number of nitrogen functional groups attached to an aromatic ring is 1. The minimum Gasteiger partial charge on any atom is -0.399 e. The predicted octanol–water partition coefficient (Wildman–Crippen LogP) is 5.96. The second-order valence-electron chi connectivity index (χ2n) is 7.02. The molecule has 3 rings (SSSR count). The molecule has 1 aliphatic rings. The van der Waals surface area contributed by atoms with E-state index in [4.69, 9.17) is 5.73 Å². The van der Waals surface area contributed by atoms with Gasteiger partial charge in [0.1, 0.15) is 0 Å². The molecule has 0 fully saturated rings. The van der Waals surface area contributed by atoms with Crippen molar-refractivity contribution in [3.63, 3.8) is 0 Å². The highest BCUT2D eigenvalue weighted by atomic mass is 14.5. The smallest absolute Gasteiger partial charge is 0.0314 e. The molecule has 1 heteroatoms. The minimum absolute atomic E-state index is 0.115. The van der Waals surface area contributed by atoms with E-state index in [1.165, 1.54) is 11.1 Å². The number of hydrogen-bond donors (Lipinski definition) is 1. The van der Waals surface area contributed by atoms with Gasteiger partial charge in [0.25, 0.3) is 0 Å². The number of nitrogens with two attached hydrogens (primary N) is 1. The Morgan fingerprint density at radius 1 is 0.826 bits per heavy atom. The molecule has 1 nitrogen and oxygen atoms in total. The first-order valence-electron chi connectivity index (χ1n) is 8.61. The lowest BCUT2D eigenvalue weighted by Crippen LogP contribution is -2.28. The molecule has 2 aromatic rings. The predicted molar refractivity (Wildman–Crippen MR) is 102 cm³/mol. The number of anilines is 1. The van der Waals surface area contributed by atoms with Gasteiger partial charge >= 0.3 is 0 Å². The van der Waals surface area contributed by atoms with E-state index >= 15 is 0 Å². The van der Waals surface area contributed by atoms with Gasteiger partial charge in [0.2, 0.25) is 0 Å². The van der Waals surface area contributed by atoms with Crippen LogP contribution in [0.5, 0.6) is 0 Å². The van der Waals surface area contributed by atoms with E-state index in [0.717, 1.165) is 30.9 Å². The highest BCUT2D eigenvalue weighted by Crippen LogP contribution is 2.42. The van der Waals surface area contributed by atoms with E-state index in [2.05, 4.69) is 75.4 Å². The minimum atomic E-state index is 0.115. The van der Waals surface area contributed by atoms with Gasteiger partial charge in [0.15, 0.2) is 0 Å². The summed E-state index contributed by atoms with van der Waals surface area (Å²) in [6.45, 7) is 6.50. The average Bonchev–Trinajstić information content (AvgIpc) is 2.56. The van der Waals surface area contributed by atoms with Crippen LogP contribution in [-0.4, -0.2) is 0 Å². The van der Waals surface area contributed by atoms with E-state index in [0.29, 0.717) is 0 Å². The zero-order valence-corrected chi connectivity index (χ0v) is 14.6. The lowest BCUT2D eigenvalue weighted by atomic mass is 9.67. The molecule has 23 heavy (non-hydrogen) atoms. The van der Waals surface area contributed by atoms with Crippen molar-refractivity contribution in [3.8, 4) is 0 Å². The van der Waals surface area contributed by atoms with Crippen molar-refractivity contribution >= 4 is 5.69 Å². The maximum absolute atomic E-state index is 5.82. The lowest BCUT2D eigenvalue weighted by Gasteiger charge is -2.36. The third kappa shape index (κ3) is 4.48. The van der Waals surface area contributed by atoms with Gasteiger partial charge < -0.3 is 5.73 Å². The molecular formula is C22H29N. The molecular weight excluding hydrogens is 278 g/mol. The topological polar surface area (TPSA) is 26.0 Å². The van der Waals surface area contributed by atoms with E-state index in [1.54, 1.807) is 0 Å². The van der Waals surface area contributed by atoms with Crippen molar-refractivity contribution in [2.24, 2.45) is 5.92 Å². The maximum Gasteiger partial charge on any atom is 0.0314 e. The summed E-state index contributed by atoms with van der Waals surface area (Å²) >= 11 is 0. The molecule has 0 aliphatic heterocycles. The van der Waals surface area contributed by atoms with Gasteiger partial charge in [-0.25, -0.2) is 0 Å². The molecule has 0 bridgehead atoms. The van der Waals surface area contributed by atoms with Crippen LogP contribution in [0.25, 0.3) is 0 Å². The Morgan fingerprint density at radius 3 is 1.91 bits per heavy atom. The zero-order chi connectivity index (χ0) is 16.7. The molecule has 0 saturated carbocycles. The lowest BCUT2D eigenvalue weighted by molar-refractivity contribution is 0.465. The number of hydrogen-bond acceptors (Lipinski definition) is 1. The van der Waals surface area contributed by atoms with Gasteiger partial charge in [-0.3, -0.25) is 0 Å². The first-order valence-corrected chi connectivity index (χ1v) is 8.61. The van der Waals surface area contributed by atoms with Crippen LogP contribution in [0.1, 0.15) is 51.2 Å². The average molecular weight is 307 g/mol. The number of allylic oxidation sites excluding steroid dienone is 2. The molecule has 0 spiro atoms. The SMILES string of the molecule is CC(C)C.Nc1ccc(C2(c3ccccc3)CC=CCC2)cc1. The maximum atomic E-state index is 5.82. The van der Waals surface area contributed by atoms with Gasteiger partial charge in [0.05, 0.1) is 0 Å². The Labute approximate surface area is 141 Å². The summed E-state index contributed by atoms with van der Waals surface area (Å²) in [5.41, 5.74) is 9.55. The van der Waals surface area contributed by atoms with Gasteiger partial charge in [-0.15, -0.1) is 0 Å². The number of benzene rings is 2. The van der Waals surface area contributed by atoms with Crippen LogP contribution in [0.15, 0.2) is 66.7 Å². The Morgan fingerprint density at radius 2 is 1.39 bits per heavy atom. The molecule has 1 aliphatic carbocycles. The van der Waals surface area contributed by atoms with E-state index < -0.39 is 0 Å². The van der Waals surface area contributed by atoms with E-state index in [-0.39, 0.29) is 5.41 Å². The molecule has 2 aromatic carbocycles. The molecule has 0 saturated heterocycles. The summed E-state index contributed by atoms with van der Waals surface area (Å²) in [6.07, 6.45) is 7.98. The van der Waals surface area contributed by atoms with Crippen LogP contribution in [-0.2, 0) is 5.41 Å². The van der Waals surface area contributed by atoms with Crippen LogP contribution < -0.4 is 5.73 Å². The Bertz CT molecular complexity index is 607. The fourth-order valence-electron chi connectivity index (χ4n) is 3.08. The van der Waals surface area contributed by atoms with Crippen molar-refractivity contribution in [2.75, 3.05) is 5.73 Å². The Hall–Kier alpha value is -2.02. The first-order chi connectivity index (χ1) is 11.0. The summed E-state index contributed by atoms with van der Waals surface area (Å²) in [7, 11) is 0. The second-order valence-corrected chi connectivity index (χ2v) is 7.02. The summed E-state index contributed by atoms with van der Waals surface area (Å²) in [6, 6.07) is 19.2. The fourth-order valence-corrected chi connectivity index (χ4v) is 3.08. The van der Waals surface area contributed by atoms with Gasteiger partial charge in [0, 0.05) is 11.1 Å². The van der Waals surface area contributed by atoms with Gasteiger partial charge in [-0.2, -0.15) is 0 Å². The Balaban J connectivity index is 0.000000433. The first kappa shape index (κ1) is 17.3. The van der Waals surface area contributed by atoms with Crippen molar-refractivity contribution in [3.05, 3.63) is 77.9 Å². The fraction of sp³-hybridized carbons (Fsp3) is 0.364. The van der Waals surface area contributed by atoms with Crippen molar-refractivity contribution in [1.29, 1.82) is 0 Å². The van der Waals surface area contributed by atoms with Crippen molar-refractivity contribution in [2.45, 2.75) is 45.4 Å². The van der Waals surface area contributed by atoms with Crippen LogP contribution in [0, 0.1) is 5.92 Å². The van der Waals surface area contributed by atoms with Crippen LogP contribution in [0.4, 0.5) is 5.69 Å². The molecule has 0 amide bonds. The normalized spacial score (nSPS) is 20.0. The molecule has 2 N–H and O–H groups in total. The Kier molecular flexibility index (Phi) is 6.04. The van der Waals surface area contributed by atoms with Crippen LogP contribution in [0.3, 0.4) is 0 Å². The zero-order valence-electron chi connectivity index (χ0n) is 14.6.